The van der Waals surface area contributed by atoms with E-state index >= 15 is 0 Å². The first-order valence-electron chi connectivity index (χ1n) is 8.23. The fourth-order valence-corrected chi connectivity index (χ4v) is 4.27. The molecule has 0 saturated carbocycles. The Labute approximate surface area is 143 Å². The molecule has 0 unspecified atom stereocenters. The molecule has 2 rings (SSSR count). The highest BCUT2D eigenvalue weighted by Crippen LogP contribution is 2.28. The lowest BCUT2D eigenvalue weighted by molar-refractivity contribution is -0.124. The third kappa shape index (κ3) is 4.34. The van der Waals surface area contributed by atoms with Crippen molar-refractivity contribution in [2.45, 2.75) is 37.7 Å². The summed E-state index contributed by atoms with van der Waals surface area (Å²) < 4.78 is 28.4. The Morgan fingerprint density at radius 1 is 1.21 bits per heavy atom. The van der Waals surface area contributed by atoms with Crippen LogP contribution in [0.15, 0.2) is 24.3 Å². The van der Waals surface area contributed by atoms with Crippen molar-refractivity contribution in [2.24, 2.45) is 0 Å². The Morgan fingerprint density at radius 2 is 1.79 bits per heavy atom. The minimum Gasteiger partial charge on any atom is -0.377 e. The quantitative estimate of drug-likeness (QED) is 0.763. The second kappa shape index (κ2) is 8.09. The number of sulfone groups is 1. The number of benzene rings is 1. The second-order valence-electron chi connectivity index (χ2n) is 6.15. The fourth-order valence-electron chi connectivity index (χ4n) is 2.91. The van der Waals surface area contributed by atoms with Crippen LogP contribution in [0, 0.1) is 0 Å². The van der Waals surface area contributed by atoms with E-state index in [-0.39, 0.29) is 0 Å². The predicted molar refractivity (Wildman–Crippen MR) is 93.3 cm³/mol. The van der Waals surface area contributed by atoms with Gasteiger partial charge in [0.15, 0.2) is 14.6 Å². The zero-order chi connectivity index (χ0) is 17.6. The highest BCUT2D eigenvalue weighted by atomic mass is 32.2. The minimum absolute atomic E-state index is 0.310. The van der Waals surface area contributed by atoms with Crippen molar-refractivity contribution in [2.75, 3.05) is 26.0 Å². The van der Waals surface area contributed by atoms with Gasteiger partial charge in [-0.15, -0.1) is 0 Å². The molecule has 0 radical (unpaired) electrons. The van der Waals surface area contributed by atoms with Gasteiger partial charge in [-0.05, 0) is 44.0 Å². The second-order valence-corrected chi connectivity index (χ2v) is 8.48. The molecule has 1 aliphatic heterocycles. The van der Waals surface area contributed by atoms with E-state index in [4.69, 9.17) is 4.74 Å². The van der Waals surface area contributed by atoms with Crippen molar-refractivity contribution >= 4 is 15.7 Å². The lowest BCUT2D eigenvalue weighted by atomic mass is 9.95. The van der Waals surface area contributed by atoms with Crippen molar-refractivity contribution in [3.8, 4) is 0 Å². The molecule has 24 heavy (non-hydrogen) atoms. The Kier molecular flexibility index (Phi) is 6.37. The molecule has 1 fully saturated rings. The molecule has 6 nitrogen and oxygen atoms in total. The molecule has 1 saturated heterocycles. The Bertz CT molecular complexity index is 650. The number of hydrogen-bond acceptors (Lipinski definition) is 5. The number of carbonyl (C=O) groups excluding carboxylic acids is 1. The molecule has 1 heterocycles. The van der Waals surface area contributed by atoms with Gasteiger partial charge >= 0.3 is 0 Å². The Morgan fingerprint density at radius 3 is 2.33 bits per heavy atom. The standard InChI is InChI=1S/C17H26N2O4S/c1-3-23-13-15-6-4-14(5-7-15)12-19-16(20)17(24(2,21)22)8-10-18-11-9-17/h4-7,18H,3,8-13H2,1-2H3,(H,19,20). The summed E-state index contributed by atoms with van der Waals surface area (Å²) in [5, 5.41) is 5.91. The summed E-state index contributed by atoms with van der Waals surface area (Å²) in [7, 11) is -3.48. The molecule has 0 aromatic heterocycles. The molecule has 1 aliphatic rings. The number of hydrogen-bond donors (Lipinski definition) is 2. The molecule has 0 bridgehead atoms. The predicted octanol–water partition coefficient (Wildman–Crippen LogP) is 1.01. The average Bonchev–Trinajstić information content (AvgIpc) is 2.58. The van der Waals surface area contributed by atoms with Gasteiger partial charge < -0.3 is 15.4 Å². The van der Waals surface area contributed by atoms with Gasteiger partial charge in [-0.3, -0.25) is 4.79 Å². The first-order chi connectivity index (χ1) is 11.4. The third-order valence-electron chi connectivity index (χ3n) is 4.48. The van der Waals surface area contributed by atoms with E-state index in [2.05, 4.69) is 10.6 Å². The molecule has 134 valence electrons. The molecule has 1 aromatic rings. The summed E-state index contributed by atoms with van der Waals surface area (Å²) in [5.74, 6) is -0.398. The van der Waals surface area contributed by atoms with Crippen LogP contribution in [0.5, 0.6) is 0 Å². The van der Waals surface area contributed by atoms with Crippen LogP contribution in [0.25, 0.3) is 0 Å². The first kappa shape index (κ1) is 18.9. The van der Waals surface area contributed by atoms with Crippen molar-refractivity contribution < 1.29 is 17.9 Å². The van der Waals surface area contributed by atoms with Crippen LogP contribution >= 0.6 is 0 Å². The maximum Gasteiger partial charge on any atom is 0.241 e. The van der Waals surface area contributed by atoms with Crippen LogP contribution in [0.4, 0.5) is 0 Å². The highest BCUT2D eigenvalue weighted by molar-refractivity contribution is 7.92. The van der Waals surface area contributed by atoms with Gasteiger partial charge in [0.2, 0.25) is 5.91 Å². The van der Waals surface area contributed by atoms with Gasteiger partial charge in [-0.2, -0.15) is 0 Å². The van der Waals surface area contributed by atoms with Gasteiger partial charge in [-0.25, -0.2) is 8.42 Å². The zero-order valence-corrected chi connectivity index (χ0v) is 15.1. The third-order valence-corrected chi connectivity index (χ3v) is 6.50. The highest BCUT2D eigenvalue weighted by Gasteiger charge is 2.48. The molecular formula is C17H26N2O4S. The van der Waals surface area contributed by atoms with Crippen LogP contribution < -0.4 is 10.6 Å². The van der Waals surface area contributed by atoms with E-state index in [1.165, 1.54) is 0 Å². The molecule has 1 aromatic carbocycles. The van der Waals surface area contributed by atoms with Crippen LogP contribution in [0.3, 0.4) is 0 Å². The Hall–Kier alpha value is -1.44. The van der Waals surface area contributed by atoms with Crippen LogP contribution in [0.2, 0.25) is 0 Å². The maximum atomic E-state index is 12.6. The first-order valence-corrected chi connectivity index (χ1v) is 10.1. The lowest BCUT2D eigenvalue weighted by Gasteiger charge is -2.34. The average molecular weight is 354 g/mol. The number of piperidine rings is 1. The summed E-state index contributed by atoms with van der Waals surface area (Å²) in [6.45, 7) is 4.56. The van der Waals surface area contributed by atoms with Crippen LogP contribution in [-0.2, 0) is 32.5 Å². The molecule has 7 heteroatoms. The molecule has 1 amide bonds. The number of ether oxygens (including phenoxy) is 1. The van der Waals surface area contributed by atoms with E-state index in [0.29, 0.717) is 45.7 Å². The smallest absolute Gasteiger partial charge is 0.241 e. The van der Waals surface area contributed by atoms with E-state index in [1.54, 1.807) is 0 Å². The maximum absolute atomic E-state index is 12.6. The molecule has 2 N–H and O–H groups in total. The number of carbonyl (C=O) groups is 1. The number of nitrogens with one attached hydrogen (secondary N) is 2. The normalized spacial score (nSPS) is 17.4. The lowest BCUT2D eigenvalue weighted by Crippen LogP contribution is -2.57. The van der Waals surface area contributed by atoms with Gasteiger partial charge in [0.25, 0.3) is 0 Å². The SMILES string of the molecule is CCOCc1ccc(CNC(=O)C2(S(C)(=O)=O)CCNCC2)cc1. The number of rotatable bonds is 7. The number of amides is 1. The van der Waals surface area contributed by atoms with E-state index in [1.807, 2.05) is 31.2 Å². The van der Waals surface area contributed by atoms with Crippen molar-refractivity contribution in [1.82, 2.24) is 10.6 Å². The van der Waals surface area contributed by atoms with E-state index < -0.39 is 20.5 Å². The summed E-state index contributed by atoms with van der Waals surface area (Å²) in [4.78, 5) is 12.6. The summed E-state index contributed by atoms with van der Waals surface area (Å²) in [6, 6.07) is 7.75. The molecule has 0 atom stereocenters. The van der Waals surface area contributed by atoms with Crippen molar-refractivity contribution in [3.05, 3.63) is 35.4 Å². The molecular weight excluding hydrogens is 328 g/mol. The minimum atomic E-state index is -3.48. The monoisotopic (exact) mass is 354 g/mol. The van der Waals surface area contributed by atoms with Gasteiger partial charge in [0.05, 0.1) is 6.61 Å². The van der Waals surface area contributed by atoms with Gasteiger partial charge in [-0.1, -0.05) is 24.3 Å². The van der Waals surface area contributed by atoms with Crippen LogP contribution in [0.1, 0.15) is 30.9 Å². The molecule has 0 aliphatic carbocycles. The van der Waals surface area contributed by atoms with E-state index in [0.717, 1.165) is 17.4 Å². The Balaban J connectivity index is 2.00. The van der Waals surface area contributed by atoms with Crippen molar-refractivity contribution in [3.63, 3.8) is 0 Å². The largest absolute Gasteiger partial charge is 0.377 e. The van der Waals surface area contributed by atoms with Gasteiger partial charge in [0, 0.05) is 19.4 Å². The van der Waals surface area contributed by atoms with Crippen molar-refractivity contribution in [1.29, 1.82) is 0 Å². The molecule has 0 spiro atoms. The van der Waals surface area contributed by atoms with Crippen LogP contribution in [-0.4, -0.2) is 45.0 Å². The zero-order valence-electron chi connectivity index (χ0n) is 14.3. The summed E-state index contributed by atoms with van der Waals surface area (Å²) >= 11 is 0. The summed E-state index contributed by atoms with van der Waals surface area (Å²) in [5.41, 5.74) is 2.00. The fraction of sp³-hybridized carbons (Fsp3) is 0.588. The van der Waals surface area contributed by atoms with Gasteiger partial charge in [0.1, 0.15) is 0 Å². The summed E-state index contributed by atoms with van der Waals surface area (Å²) in [6.07, 6.45) is 1.77. The van der Waals surface area contributed by atoms with E-state index in [9.17, 15) is 13.2 Å². The topological polar surface area (TPSA) is 84.5 Å².